The molecule has 1 aromatic carbocycles. The van der Waals surface area contributed by atoms with Gasteiger partial charge in [-0.3, -0.25) is 4.90 Å². The van der Waals surface area contributed by atoms with Crippen LogP contribution >= 0.6 is 0 Å². The Morgan fingerprint density at radius 3 is 2.95 bits per heavy atom. The topological polar surface area (TPSA) is 41.6 Å². The molecule has 0 spiro atoms. The van der Waals surface area contributed by atoms with Crippen molar-refractivity contribution in [3.63, 3.8) is 0 Å². The van der Waals surface area contributed by atoms with Crippen LogP contribution in [-0.4, -0.2) is 31.3 Å². The van der Waals surface area contributed by atoms with Crippen LogP contribution in [0.2, 0.25) is 0 Å². The summed E-state index contributed by atoms with van der Waals surface area (Å²) in [6.07, 6.45) is 2.26. The summed E-state index contributed by atoms with van der Waals surface area (Å²) in [5, 5.41) is 3.05. The molecular weight excluding hydrogens is 252 g/mol. The van der Waals surface area contributed by atoms with E-state index in [4.69, 9.17) is 4.74 Å². The maximum Gasteiger partial charge on any atom is 0.322 e. The lowest BCUT2D eigenvalue weighted by atomic mass is 10.1. The highest BCUT2D eigenvalue weighted by Gasteiger charge is 2.25. The average molecular weight is 276 g/mol. The number of hydrogen-bond acceptors (Lipinski definition) is 2. The van der Waals surface area contributed by atoms with E-state index in [0.717, 1.165) is 30.7 Å². The molecule has 1 heterocycles. The van der Waals surface area contributed by atoms with Crippen LogP contribution in [0.1, 0.15) is 32.3 Å². The summed E-state index contributed by atoms with van der Waals surface area (Å²) in [6, 6.07) is 7.99. The molecule has 1 aromatic rings. The van der Waals surface area contributed by atoms with Crippen LogP contribution in [0.5, 0.6) is 0 Å². The quantitative estimate of drug-likeness (QED) is 0.918. The summed E-state index contributed by atoms with van der Waals surface area (Å²) in [7, 11) is 0. The number of ether oxygens (including phenoxy) is 1. The number of benzene rings is 1. The summed E-state index contributed by atoms with van der Waals surface area (Å²) in [5.41, 5.74) is 2.09. The van der Waals surface area contributed by atoms with E-state index in [0.29, 0.717) is 6.54 Å². The van der Waals surface area contributed by atoms with Crippen LogP contribution in [-0.2, 0) is 4.74 Å². The van der Waals surface area contributed by atoms with Gasteiger partial charge >= 0.3 is 6.03 Å². The molecular formula is C16H24N2O2. The third-order valence-electron chi connectivity index (χ3n) is 3.75. The summed E-state index contributed by atoms with van der Waals surface area (Å²) >= 11 is 0. The second kappa shape index (κ2) is 6.75. The number of rotatable bonds is 4. The van der Waals surface area contributed by atoms with Crippen molar-refractivity contribution in [2.45, 2.75) is 45.8 Å². The molecule has 4 heteroatoms. The van der Waals surface area contributed by atoms with Crippen molar-refractivity contribution < 1.29 is 9.53 Å². The predicted molar refractivity (Wildman–Crippen MR) is 81.2 cm³/mol. The molecule has 4 nitrogen and oxygen atoms in total. The van der Waals surface area contributed by atoms with Gasteiger partial charge in [-0.15, -0.1) is 0 Å². The van der Waals surface area contributed by atoms with Gasteiger partial charge in [-0.1, -0.05) is 12.1 Å². The molecule has 0 aromatic heterocycles. The SMILES string of the molecule is CCN(C(=O)N[C@@H](C)[C@@H]1CCCO1)c1cccc(C)c1. The molecule has 0 unspecified atom stereocenters. The first-order valence-corrected chi connectivity index (χ1v) is 7.38. The lowest BCUT2D eigenvalue weighted by molar-refractivity contribution is 0.0864. The van der Waals surface area contributed by atoms with E-state index in [2.05, 4.69) is 5.32 Å². The predicted octanol–water partition coefficient (Wildman–Crippen LogP) is 3.10. The minimum Gasteiger partial charge on any atom is -0.376 e. The fourth-order valence-electron chi connectivity index (χ4n) is 2.60. The number of aryl methyl sites for hydroxylation is 1. The molecule has 0 saturated carbocycles. The van der Waals surface area contributed by atoms with Crippen molar-refractivity contribution in [3.8, 4) is 0 Å². The monoisotopic (exact) mass is 276 g/mol. The summed E-state index contributed by atoms with van der Waals surface area (Å²) < 4.78 is 5.62. The van der Waals surface area contributed by atoms with Crippen molar-refractivity contribution in [2.24, 2.45) is 0 Å². The van der Waals surface area contributed by atoms with Gasteiger partial charge in [-0.2, -0.15) is 0 Å². The lowest BCUT2D eigenvalue weighted by Crippen LogP contribution is -2.48. The van der Waals surface area contributed by atoms with Gasteiger partial charge in [0.15, 0.2) is 0 Å². The van der Waals surface area contributed by atoms with Crippen LogP contribution in [0.25, 0.3) is 0 Å². The number of nitrogens with one attached hydrogen (secondary N) is 1. The second-order valence-corrected chi connectivity index (χ2v) is 5.37. The fourth-order valence-corrected chi connectivity index (χ4v) is 2.60. The van der Waals surface area contributed by atoms with Gasteiger partial charge in [0.05, 0.1) is 12.1 Å². The number of carbonyl (C=O) groups is 1. The molecule has 0 radical (unpaired) electrons. The van der Waals surface area contributed by atoms with Gasteiger partial charge in [0.25, 0.3) is 0 Å². The Morgan fingerprint density at radius 2 is 2.35 bits per heavy atom. The molecule has 1 aliphatic heterocycles. The van der Waals surface area contributed by atoms with Gasteiger partial charge in [-0.05, 0) is 51.3 Å². The van der Waals surface area contributed by atoms with E-state index in [1.807, 2.05) is 45.0 Å². The van der Waals surface area contributed by atoms with Crippen LogP contribution in [0.3, 0.4) is 0 Å². The van der Waals surface area contributed by atoms with Crippen molar-refractivity contribution in [1.82, 2.24) is 5.32 Å². The Balaban J connectivity index is 2.01. The Kier molecular flexibility index (Phi) is 5.01. The molecule has 1 aliphatic rings. The van der Waals surface area contributed by atoms with E-state index >= 15 is 0 Å². The second-order valence-electron chi connectivity index (χ2n) is 5.37. The number of amides is 2. The first-order valence-electron chi connectivity index (χ1n) is 7.38. The van der Waals surface area contributed by atoms with Crippen LogP contribution < -0.4 is 10.2 Å². The highest BCUT2D eigenvalue weighted by Crippen LogP contribution is 2.18. The van der Waals surface area contributed by atoms with Gasteiger partial charge in [0.2, 0.25) is 0 Å². The minimum atomic E-state index is -0.0545. The van der Waals surface area contributed by atoms with E-state index in [1.54, 1.807) is 4.90 Å². The van der Waals surface area contributed by atoms with Crippen molar-refractivity contribution in [1.29, 1.82) is 0 Å². The summed E-state index contributed by atoms with van der Waals surface area (Å²) in [4.78, 5) is 14.2. The highest BCUT2D eigenvalue weighted by molar-refractivity contribution is 5.92. The van der Waals surface area contributed by atoms with Crippen LogP contribution in [0.4, 0.5) is 10.5 Å². The van der Waals surface area contributed by atoms with E-state index < -0.39 is 0 Å². The Labute approximate surface area is 121 Å². The largest absolute Gasteiger partial charge is 0.376 e. The Hall–Kier alpha value is -1.55. The fraction of sp³-hybridized carbons (Fsp3) is 0.562. The number of hydrogen-bond donors (Lipinski definition) is 1. The van der Waals surface area contributed by atoms with Crippen molar-refractivity contribution >= 4 is 11.7 Å². The molecule has 20 heavy (non-hydrogen) atoms. The molecule has 1 saturated heterocycles. The third kappa shape index (κ3) is 3.51. The summed E-state index contributed by atoms with van der Waals surface area (Å²) in [5.74, 6) is 0. The Bertz CT molecular complexity index is 456. The lowest BCUT2D eigenvalue weighted by Gasteiger charge is -2.26. The molecule has 0 bridgehead atoms. The number of urea groups is 1. The number of anilines is 1. The summed E-state index contributed by atoms with van der Waals surface area (Å²) in [6.45, 7) is 7.48. The molecule has 0 aliphatic carbocycles. The highest BCUT2D eigenvalue weighted by atomic mass is 16.5. The first-order chi connectivity index (χ1) is 9.61. The van der Waals surface area contributed by atoms with Crippen molar-refractivity contribution in [2.75, 3.05) is 18.1 Å². The van der Waals surface area contributed by atoms with Gasteiger partial charge in [0, 0.05) is 18.8 Å². The molecule has 2 atom stereocenters. The minimum absolute atomic E-state index is 0.0452. The molecule has 1 N–H and O–H groups in total. The zero-order chi connectivity index (χ0) is 14.5. The number of carbonyl (C=O) groups excluding carboxylic acids is 1. The van der Waals surface area contributed by atoms with Crippen molar-refractivity contribution in [3.05, 3.63) is 29.8 Å². The van der Waals surface area contributed by atoms with Gasteiger partial charge in [-0.25, -0.2) is 4.79 Å². The average Bonchev–Trinajstić information content (AvgIpc) is 2.93. The van der Waals surface area contributed by atoms with Crippen LogP contribution in [0.15, 0.2) is 24.3 Å². The Morgan fingerprint density at radius 1 is 1.55 bits per heavy atom. The van der Waals surface area contributed by atoms with Gasteiger partial charge in [0.1, 0.15) is 0 Å². The smallest absolute Gasteiger partial charge is 0.322 e. The first kappa shape index (κ1) is 14.9. The molecule has 2 rings (SSSR count). The third-order valence-corrected chi connectivity index (χ3v) is 3.75. The normalized spacial score (nSPS) is 19.6. The maximum absolute atomic E-state index is 12.4. The zero-order valence-corrected chi connectivity index (χ0v) is 12.6. The number of nitrogens with zero attached hydrogens (tertiary/aromatic N) is 1. The van der Waals surface area contributed by atoms with E-state index in [-0.39, 0.29) is 18.2 Å². The van der Waals surface area contributed by atoms with E-state index in [1.165, 1.54) is 0 Å². The maximum atomic E-state index is 12.4. The molecule has 2 amide bonds. The van der Waals surface area contributed by atoms with E-state index in [9.17, 15) is 4.79 Å². The zero-order valence-electron chi connectivity index (χ0n) is 12.6. The van der Waals surface area contributed by atoms with Gasteiger partial charge < -0.3 is 10.1 Å². The van der Waals surface area contributed by atoms with Crippen LogP contribution in [0, 0.1) is 6.92 Å². The molecule has 1 fully saturated rings. The molecule has 110 valence electrons. The standard InChI is InChI=1S/C16H24N2O2/c1-4-18(14-8-5-7-12(2)11-14)16(19)17-13(3)15-9-6-10-20-15/h5,7-8,11,13,15H,4,6,9-10H2,1-3H3,(H,17,19)/t13-,15-/m0/s1.